The van der Waals surface area contributed by atoms with Crippen molar-refractivity contribution in [2.24, 2.45) is 35.5 Å². The lowest BCUT2D eigenvalue weighted by Gasteiger charge is -2.50. The summed E-state index contributed by atoms with van der Waals surface area (Å²) in [7, 11) is 0. The summed E-state index contributed by atoms with van der Waals surface area (Å²) in [5.41, 5.74) is -1.89. The van der Waals surface area contributed by atoms with Gasteiger partial charge in [0, 0.05) is 31.8 Å². The van der Waals surface area contributed by atoms with Crippen molar-refractivity contribution in [2.45, 2.75) is 124 Å². The number of ether oxygens (including phenoxy) is 7. The molecule has 0 aromatic carbocycles. The van der Waals surface area contributed by atoms with Gasteiger partial charge in [0.1, 0.15) is 23.9 Å². The van der Waals surface area contributed by atoms with Gasteiger partial charge >= 0.3 is 29.8 Å². The van der Waals surface area contributed by atoms with Crippen LogP contribution in [0.2, 0.25) is 0 Å². The molecule has 4 aliphatic rings. The maximum absolute atomic E-state index is 14.4. The molecule has 0 amide bonds. The second-order valence-corrected chi connectivity index (χ2v) is 14.1. The molecule has 13 heteroatoms. The van der Waals surface area contributed by atoms with Crippen LogP contribution in [0.15, 0.2) is 11.6 Å². The van der Waals surface area contributed by atoms with Crippen molar-refractivity contribution in [1.29, 1.82) is 0 Å². The molecule has 0 aromatic rings. The topological polar surface area (TPSA) is 174 Å². The first-order valence-corrected chi connectivity index (χ1v) is 16.9. The van der Waals surface area contributed by atoms with Crippen LogP contribution in [0.4, 0.5) is 0 Å². The van der Waals surface area contributed by atoms with Gasteiger partial charge in [-0.1, -0.05) is 27.7 Å². The highest BCUT2D eigenvalue weighted by Crippen LogP contribution is 2.64. The second kappa shape index (κ2) is 14.3. The normalized spacial score (nSPS) is 36.2. The fourth-order valence-corrected chi connectivity index (χ4v) is 7.33. The molecule has 2 saturated heterocycles. The lowest BCUT2D eigenvalue weighted by Crippen LogP contribution is -2.65. The van der Waals surface area contributed by atoms with E-state index in [1.165, 1.54) is 19.9 Å². The summed E-state index contributed by atoms with van der Waals surface area (Å²) < 4.78 is 41.3. The largest absolute Gasteiger partial charge is 0.462 e. The van der Waals surface area contributed by atoms with Gasteiger partial charge in [0.2, 0.25) is 0 Å². The Bertz CT molecular complexity index is 1330. The van der Waals surface area contributed by atoms with Crippen LogP contribution in [0.5, 0.6) is 0 Å². The molecule has 13 nitrogen and oxygen atoms in total. The highest BCUT2D eigenvalue weighted by atomic mass is 16.7. The number of fused-ring (bicyclic) bond motifs is 2. The third-order valence-corrected chi connectivity index (χ3v) is 10.6. The Hall–Kier alpha value is -3.32. The molecule has 4 rings (SSSR count). The molecule has 2 saturated carbocycles. The maximum Gasteiger partial charge on any atom is 0.331 e. The first-order valence-electron chi connectivity index (χ1n) is 16.9. The molecule has 268 valence electrons. The van der Waals surface area contributed by atoms with Crippen molar-refractivity contribution in [3.8, 4) is 0 Å². The van der Waals surface area contributed by atoms with E-state index in [4.69, 9.17) is 33.2 Å². The number of hydrogen-bond acceptors (Lipinski definition) is 13. The molecule has 2 aliphatic carbocycles. The van der Waals surface area contributed by atoms with E-state index in [2.05, 4.69) is 0 Å². The van der Waals surface area contributed by atoms with E-state index in [1.807, 2.05) is 20.8 Å². The summed E-state index contributed by atoms with van der Waals surface area (Å²) in [6.45, 7) is 16.5. The van der Waals surface area contributed by atoms with Gasteiger partial charge < -0.3 is 33.2 Å². The van der Waals surface area contributed by atoms with Crippen LogP contribution in [-0.4, -0.2) is 90.6 Å². The van der Waals surface area contributed by atoms with E-state index in [9.17, 15) is 28.8 Å². The van der Waals surface area contributed by atoms with Gasteiger partial charge in [-0.05, 0) is 52.0 Å². The molecule has 0 radical (unpaired) electrons. The Kier molecular flexibility index (Phi) is 11.1. The van der Waals surface area contributed by atoms with Crippen LogP contribution in [0.25, 0.3) is 0 Å². The molecule has 0 aromatic heterocycles. The molecule has 1 spiro atoms. The third-order valence-electron chi connectivity index (χ3n) is 10.6. The quantitative estimate of drug-likeness (QED) is 0.120. The van der Waals surface area contributed by atoms with E-state index in [0.717, 1.165) is 0 Å². The van der Waals surface area contributed by atoms with Gasteiger partial charge in [-0.3, -0.25) is 24.0 Å². The molecule has 2 aliphatic heterocycles. The lowest BCUT2D eigenvalue weighted by atomic mass is 9.58. The number of hydrogen-bond donors (Lipinski definition) is 0. The summed E-state index contributed by atoms with van der Waals surface area (Å²) in [5, 5.41) is 0. The van der Waals surface area contributed by atoms with Gasteiger partial charge in [-0.2, -0.15) is 0 Å². The second-order valence-electron chi connectivity index (χ2n) is 14.1. The van der Waals surface area contributed by atoms with Crippen LogP contribution in [-0.2, 0) is 61.9 Å². The minimum absolute atomic E-state index is 0.0304. The van der Waals surface area contributed by atoms with Gasteiger partial charge in [-0.15, -0.1) is 0 Å². The fourth-order valence-electron chi connectivity index (χ4n) is 7.33. The molecule has 0 N–H and O–H groups in total. The highest BCUT2D eigenvalue weighted by molar-refractivity contribution is 5.92. The van der Waals surface area contributed by atoms with Crippen molar-refractivity contribution in [1.82, 2.24) is 0 Å². The number of Topliss-reactive ketones (excluding diaryl/α,β-unsaturated/α-hetero) is 1. The van der Waals surface area contributed by atoms with Crippen molar-refractivity contribution < 1.29 is 61.9 Å². The van der Waals surface area contributed by atoms with Crippen molar-refractivity contribution >= 4 is 35.6 Å². The average Bonchev–Trinajstić information content (AvgIpc) is 3.93. The molecule has 4 fully saturated rings. The average molecular weight is 679 g/mol. The summed E-state index contributed by atoms with van der Waals surface area (Å²) >= 11 is 0. The summed E-state index contributed by atoms with van der Waals surface area (Å²) in [6, 6.07) is 0. The number of esters is 5. The zero-order valence-corrected chi connectivity index (χ0v) is 29.6. The van der Waals surface area contributed by atoms with Crippen LogP contribution in [0.3, 0.4) is 0 Å². The van der Waals surface area contributed by atoms with E-state index in [-0.39, 0.29) is 13.2 Å². The van der Waals surface area contributed by atoms with Gasteiger partial charge in [0.05, 0.1) is 36.6 Å². The first-order chi connectivity index (χ1) is 22.4. The Balaban J connectivity index is 1.87. The molecular weight excluding hydrogens is 628 g/mol. The Morgan fingerprint density at radius 2 is 1.38 bits per heavy atom. The lowest BCUT2D eigenvalue weighted by molar-refractivity contribution is -0.212. The maximum atomic E-state index is 14.4. The van der Waals surface area contributed by atoms with Crippen LogP contribution >= 0.6 is 0 Å². The van der Waals surface area contributed by atoms with E-state index in [0.29, 0.717) is 18.4 Å². The predicted octanol–water partition coefficient (Wildman–Crippen LogP) is 3.28. The van der Waals surface area contributed by atoms with Crippen molar-refractivity contribution in [3.63, 3.8) is 0 Å². The number of carbonyl (C=O) groups is 6. The number of carbonyl (C=O) groups excluding carboxylic acids is 6. The standard InChI is InChI=1S/C35H50O13/c1-11-16(3)32(40)47-29-27-25(24(28(29)39)20(7)45-22(9)37)26(34(10)14-42-34)30(46-23(38)13-18(5)19(6)44-21(8)36)31(35(27)15-43-35)48-33(41)17(4)12-2/h13,16-17,19-20,24-27,29-31H,11-12,14-15H2,1-10H3/b18-13+/t16-,17-,19+,20+,24-,25+,26+,27+,29+,30-,31-,34-,35+/m1/s1. The Labute approximate surface area is 281 Å². The van der Waals surface area contributed by atoms with Gasteiger partial charge in [-0.25, -0.2) is 4.79 Å². The highest BCUT2D eigenvalue weighted by Gasteiger charge is 2.80. The monoisotopic (exact) mass is 678 g/mol. The molecule has 48 heavy (non-hydrogen) atoms. The third kappa shape index (κ3) is 7.31. The van der Waals surface area contributed by atoms with E-state index in [1.54, 1.807) is 34.6 Å². The van der Waals surface area contributed by atoms with Crippen molar-refractivity contribution in [3.05, 3.63) is 11.6 Å². The van der Waals surface area contributed by atoms with Crippen LogP contribution in [0.1, 0.15) is 82.1 Å². The predicted molar refractivity (Wildman–Crippen MR) is 167 cm³/mol. The summed E-state index contributed by atoms with van der Waals surface area (Å²) in [6.07, 6.45) is -3.19. The molecular formula is C35H50O13. The SMILES string of the molecule is CC[C@@H](C)C(=O)O[C@@H]1C(=O)[C@H]([C@H](C)OC(C)=O)[C@@H]2[C@@H]1[C@@]1(CO1)[C@H](OC(=O)[C@H](C)CC)[C@H](OC(=O)/C=C(\C)[C@H](C)OC(C)=O)[C@H]2[C@@]1(C)CO1. The number of ketones is 1. The molecule has 0 bridgehead atoms. The van der Waals surface area contributed by atoms with Crippen LogP contribution < -0.4 is 0 Å². The fraction of sp³-hybridized carbons (Fsp3) is 0.771. The number of epoxide rings is 2. The smallest absolute Gasteiger partial charge is 0.331 e. The summed E-state index contributed by atoms with van der Waals surface area (Å²) in [5.74, 6) is -7.84. The van der Waals surface area contributed by atoms with Gasteiger partial charge in [0.15, 0.2) is 18.0 Å². The van der Waals surface area contributed by atoms with Crippen LogP contribution in [0, 0.1) is 35.5 Å². The van der Waals surface area contributed by atoms with E-state index >= 15 is 0 Å². The minimum Gasteiger partial charge on any atom is -0.462 e. The Morgan fingerprint density at radius 1 is 0.833 bits per heavy atom. The number of rotatable bonds is 13. The first kappa shape index (κ1) is 37.5. The molecule has 2 heterocycles. The Morgan fingerprint density at radius 3 is 1.85 bits per heavy atom. The minimum atomic E-state index is -1.36. The van der Waals surface area contributed by atoms with E-state index < -0.39 is 113 Å². The molecule has 0 unspecified atom stereocenters. The zero-order valence-electron chi connectivity index (χ0n) is 29.6. The summed E-state index contributed by atoms with van der Waals surface area (Å²) in [4.78, 5) is 78.4. The van der Waals surface area contributed by atoms with Gasteiger partial charge in [0.25, 0.3) is 0 Å². The molecule has 13 atom stereocenters. The van der Waals surface area contributed by atoms with Crippen molar-refractivity contribution in [2.75, 3.05) is 13.2 Å². The zero-order chi connectivity index (χ0) is 35.9.